The molecule has 4 nitrogen and oxygen atoms in total. The number of carbonyl (C=O) groups is 1. The number of hydrogen-bond donors (Lipinski definition) is 1. The van der Waals surface area contributed by atoms with Crippen molar-refractivity contribution in [3.05, 3.63) is 65.7 Å². The van der Waals surface area contributed by atoms with Gasteiger partial charge in [-0.15, -0.1) is 12.4 Å². The summed E-state index contributed by atoms with van der Waals surface area (Å²) < 4.78 is 0. The Bertz CT molecular complexity index is 622. The topological polar surface area (TPSA) is 49.6 Å². The van der Waals surface area contributed by atoms with E-state index >= 15 is 0 Å². The molecule has 0 aromatic heterocycles. The van der Waals surface area contributed by atoms with Gasteiger partial charge in [0, 0.05) is 44.0 Å². The van der Waals surface area contributed by atoms with Gasteiger partial charge in [0.2, 0.25) is 0 Å². The minimum absolute atomic E-state index is 0. The summed E-state index contributed by atoms with van der Waals surface area (Å²) in [4.78, 5) is 16.8. The van der Waals surface area contributed by atoms with Gasteiger partial charge in [-0.25, -0.2) is 0 Å². The Labute approximate surface area is 143 Å². The van der Waals surface area contributed by atoms with Gasteiger partial charge in [-0.2, -0.15) is 0 Å². The van der Waals surface area contributed by atoms with E-state index in [1.54, 1.807) is 0 Å². The number of nitrogens with zero attached hydrogens (tertiary/aromatic N) is 2. The van der Waals surface area contributed by atoms with Crippen LogP contribution in [0.1, 0.15) is 15.9 Å². The van der Waals surface area contributed by atoms with Crippen molar-refractivity contribution in [1.29, 1.82) is 0 Å². The normalized spacial score (nSPS) is 14.3. The molecule has 1 aliphatic rings. The minimum atomic E-state index is 0. The highest BCUT2D eigenvalue weighted by Crippen LogP contribution is 2.17. The zero-order chi connectivity index (χ0) is 15.4. The van der Waals surface area contributed by atoms with Crippen LogP contribution < -0.4 is 10.6 Å². The molecule has 0 spiro atoms. The Morgan fingerprint density at radius 3 is 2.09 bits per heavy atom. The number of hydrogen-bond acceptors (Lipinski definition) is 3. The van der Waals surface area contributed by atoms with E-state index < -0.39 is 0 Å². The van der Waals surface area contributed by atoms with Crippen molar-refractivity contribution in [1.82, 2.24) is 4.90 Å². The number of rotatable bonds is 3. The maximum Gasteiger partial charge on any atom is 0.253 e. The molecule has 1 saturated heterocycles. The number of amides is 1. The lowest BCUT2D eigenvalue weighted by atomic mass is 10.1. The number of nitrogens with two attached hydrogens (primary N) is 1. The van der Waals surface area contributed by atoms with Gasteiger partial charge in [-0.1, -0.05) is 30.3 Å². The summed E-state index contributed by atoms with van der Waals surface area (Å²) in [6.45, 7) is 3.76. The predicted molar refractivity (Wildman–Crippen MR) is 96.1 cm³/mol. The van der Waals surface area contributed by atoms with Crippen LogP contribution in [-0.2, 0) is 6.54 Å². The van der Waals surface area contributed by atoms with Crippen LogP contribution in [0, 0.1) is 0 Å². The highest BCUT2D eigenvalue weighted by molar-refractivity contribution is 5.94. The Balaban J connectivity index is 0.00000192. The molecule has 0 unspecified atom stereocenters. The van der Waals surface area contributed by atoms with Gasteiger partial charge >= 0.3 is 0 Å². The molecule has 0 bridgehead atoms. The molecule has 2 N–H and O–H groups in total. The van der Waals surface area contributed by atoms with Gasteiger partial charge in [-0.3, -0.25) is 4.79 Å². The first-order valence-electron chi connectivity index (χ1n) is 7.66. The quantitative estimate of drug-likeness (QED) is 0.940. The van der Waals surface area contributed by atoms with E-state index in [2.05, 4.69) is 17.0 Å². The lowest BCUT2D eigenvalue weighted by Crippen LogP contribution is -2.48. The zero-order valence-corrected chi connectivity index (χ0v) is 13.8. The molecule has 2 aromatic carbocycles. The van der Waals surface area contributed by atoms with Crippen LogP contribution in [0.3, 0.4) is 0 Å². The third kappa shape index (κ3) is 4.03. The first-order valence-corrected chi connectivity index (χ1v) is 7.66. The molecular formula is C18H22ClN3O. The van der Waals surface area contributed by atoms with E-state index in [1.807, 2.05) is 47.4 Å². The summed E-state index contributed by atoms with van der Waals surface area (Å²) in [6, 6.07) is 17.9. The molecule has 5 heteroatoms. The van der Waals surface area contributed by atoms with Gasteiger partial charge in [0.05, 0.1) is 0 Å². The third-order valence-corrected chi connectivity index (χ3v) is 4.12. The second-order valence-electron chi connectivity index (χ2n) is 5.52. The van der Waals surface area contributed by atoms with E-state index in [0.29, 0.717) is 6.54 Å². The first kappa shape index (κ1) is 17.3. The molecule has 0 aliphatic carbocycles. The van der Waals surface area contributed by atoms with Crippen molar-refractivity contribution in [2.45, 2.75) is 6.54 Å². The van der Waals surface area contributed by atoms with Crippen LogP contribution >= 0.6 is 12.4 Å². The number of para-hydroxylation sites is 1. The molecule has 23 heavy (non-hydrogen) atoms. The standard InChI is InChI=1S/C18H21N3O.ClH/c19-14-15-6-8-16(9-7-15)18(22)21-12-10-20(11-13-21)17-4-2-1-3-5-17;/h1-9H,10-14,19H2;1H. The number of anilines is 1. The minimum Gasteiger partial charge on any atom is -0.368 e. The van der Waals surface area contributed by atoms with E-state index in [-0.39, 0.29) is 18.3 Å². The van der Waals surface area contributed by atoms with Gasteiger partial charge in [0.15, 0.2) is 0 Å². The Morgan fingerprint density at radius 2 is 1.52 bits per heavy atom. The second-order valence-corrected chi connectivity index (χ2v) is 5.52. The van der Waals surface area contributed by atoms with Crippen molar-refractivity contribution in [3.63, 3.8) is 0 Å². The molecule has 0 saturated carbocycles. The van der Waals surface area contributed by atoms with E-state index in [9.17, 15) is 4.79 Å². The monoisotopic (exact) mass is 331 g/mol. The van der Waals surface area contributed by atoms with Crippen molar-refractivity contribution < 1.29 is 4.79 Å². The highest BCUT2D eigenvalue weighted by Gasteiger charge is 2.22. The zero-order valence-electron chi connectivity index (χ0n) is 13.0. The lowest BCUT2D eigenvalue weighted by Gasteiger charge is -2.36. The molecule has 2 aromatic rings. The molecule has 0 atom stereocenters. The number of piperazine rings is 1. The summed E-state index contributed by atoms with van der Waals surface area (Å²) in [5, 5.41) is 0. The third-order valence-electron chi connectivity index (χ3n) is 4.12. The SMILES string of the molecule is Cl.NCc1ccc(C(=O)N2CCN(c3ccccc3)CC2)cc1. The fraction of sp³-hybridized carbons (Fsp3) is 0.278. The summed E-state index contributed by atoms with van der Waals surface area (Å²) >= 11 is 0. The first-order chi connectivity index (χ1) is 10.8. The Hall–Kier alpha value is -2.04. The Kier molecular flexibility index (Phi) is 6.02. The van der Waals surface area contributed by atoms with Crippen LogP contribution in [0.15, 0.2) is 54.6 Å². The average molecular weight is 332 g/mol. The molecule has 0 radical (unpaired) electrons. The maximum absolute atomic E-state index is 12.5. The maximum atomic E-state index is 12.5. The van der Waals surface area contributed by atoms with Gasteiger partial charge in [-0.05, 0) is 29.8 Å². The van der Waals surface area contributed by atoms with Crippen LogP contribution in [0.25, 0.3) is 0 Å². The van der Waals surface area contributed by atoms with Crippen molar-refractivity contribution in [2.24, 2.45) is 5.73 Å². The number of halogens is 1. The van der Waals surface area contributed by atoms with Crippen molar-refractivity contribution in [2.75, 3.05) is 31.1 Å². The highest BCUT2D eigenvalue weighted by atomic mass is 35.5. The molecule has 1 heterocycles. The van der Waals surface area contributed by atoms with E-state index in [1.165, 1.54) is 5.69 Å². The van der Waals surface area contributed by atoms with Gasteiger partial charge in [0.1, 0.15) is 0 Å². The summed E-state index contributed by atoms with van der Waals surface area (Å²) in [5.74, 6) is 0.108. The molecule has 122 valence electrons. The molecular weight excluding hydrogens is 310 g/mol. The average Bonchev–Trinajstić information content (AvgIpc) is 2.62. The largest absolute Gasteiger partial charge is 0.368 e. The second kappa shape index (κ2) is 7.99. The molecule has 1 fully saturated rings. The van der Waals surface area contributed by atoms with E-state index in [0.717, 1.165) is 37.3 Å². The summed E-state index contributed by atoms with van der Waals surface area (Å²) in [6.07, 6.45) is 0. The van der Waals surface area contributed by atoms with Crippen LogP contribution in [0.4, 0.5) is 5.69 Å². The van der Waals surface area contributed by atoms with Gasteiger partial charge in [0.25, 0.3) is 5.91 Å². The van der Waals surface area contributed by atoms with Crippen molar-refractivity contribution in [3.8, 4) is 0 Å². The fourth-order valence-corrected chi connectivity index (χ4v) is 2.77. The summed E-state index contributed by atoms with van der Waals surface area (Å²) in [5.41, 5.74) is 8.60. The number of benzene rings is 2. The number of carbonyl (C=O) groups excluding carboxylic acids is 1. The molecule has 3 rings (SSSR count). The smallest absolute Gasteiger partial charge is 0.253 e. The lowest BCUT2D eigenvalue weighted by molar-refractivity contribution is 0.0747. The molecule has 1 amide bonds. The van der Waals surface area contributed by atoms with Crippen LogP contribution in [0.2, 0.25) is 0 Å². The van der Waals surface area contributed by atoms with Crippen LogP contribution in [-0.4, -0.2) is 37.0 Å². The van der Waals surface area contributed by atoms with Gasteiger partial charge < -0.3 is 15.5 Å². The van der Waals surface area contributed by atoms with E-state index in [4.69, 9.17) is 5.73 Å². The summed E-state index contributed by atoms with van der Waals surface area (Å²) in [7, 11) is 0. The van der Waals surface area contributed by atoms with Crippen molar-refractivity contribution >= 4 is 24.0 Å². The fourth-order valence-electron chi connectivity index (χ4n) is 2.77. The molecule has 1 aliphatic heterocycles. The van der Waals surface area contributed by atoms with Crippen LogP contribution in [0.5, 0.6) is 0 Å². The predicted octanol–water partition coefficient (Wildman–Crippen LogP) is 2.53. The Morgan fingerprint density at radius 1 is 0.913 bits per heavy atom.